The molecule has 1 aromatic heterocycles. The van der Waals surface area contributed by atoms with Gasteiger partial charge < -0.3 is 9.73 Å². The number of hydrogen-bond acceptors (Lipinski definition) is 4. The van der Waals surface area contributed by atoms with E-state index in [1.165, 1.54) is 0 Å². The summed E-state index contributed by atoms with van der Waals surface area (Å²) < 4.78 is 5.74. The molecule has 0 radical (unpaired) electrons. The number of oxazole rings is 1. The number of nitrogens with one attached hydrogen (secondary N) is 1. The van der Waals surface area contributed by atoms with Gasteiger partial charge in [-0.2, -0.15) is 0 Å². The van der Waals surface area contributed by atoms with Crippen LogP contribution in [0.25, 0.3) is 11.1 Å². The topological polar surface area (TPSA) is 38.1 Å². The van der Waals surface area contributed by atoms with Gasteiger partial charge in [0.05, 0.1) is 0 Å². The van der Waals surface area contributed by atoms with Gasteiger partial charge in [-0.25, -0.2) is 4.98 Å². The molecule has 0 spiro atoms. The van der Waals surface area contributed by atoms with E-state index in [-0.39, 0.29) is 0 Å². The van der Waals surface area contributed by atoms with Crippen molar-refractivity contribution in [3.63, 3.8) is 0 Å². The minimum atomic E-state index is 0.447. The van der Waals surface area contributed by atoms with E-state index in [4.69, 9.17) is 4.42 Å². The predicted molar refractivity (Wildman–Crippen MR) is 77.1 cm³/mol. The van der Waals surface area contributed by atoms with Crippen LogP contribution in [0.15, 0.2) is 33.9 Å². The van der Waals surface area contributed by atoms with E-state index < -0.39 is 0 Å². The van der Waals surface area contributed by atoms with Crippen molar-refractivity contribution in [1.29, 1.82) is 0 Å². The van der Waals surface area contributed by atoms with E-state index in [2.05, 4.69) is 31.1 Å². The number of thioether (sulfide) groups is 1. The average Bonchev–Trinajstić information content (AvgIpc) is 2.77. The first-order valence-corrected chi connectivity index (χ1v) is 7.38. The van der Waals surface area contributed by atoms with Crippen molar-refractivity contribution in [2.75, 3.05) is 6.54 Å². The van der Waals surface area contributed by atoms with Crippen molar-refractivity contribution in [1.82, 2.24) is 10.3 Å². The fraction of sp³-hybridized carbons (Fsp3) is 0.500. The Morgan fingerprint density at radius 3 is 2.78 bits per heavy atom. The second-order valence-electron chi connectivity index (χ2n) is 4.34. The molecule has 3 nitrogen and oxygen atoms in total. The lowest BCUT2D eigenvalue weighted by atomic mass is 10.2. The van der Waals surface area contributed by atoms with Gasteiger partial charge in [-0.3, -0.25) is 0 Å². The third-order valence-corrected chi connectivity index (χ3v) is 4.11. The lowest BCUT2D eigenvalue weighted by molar-refractivity contribution is 0.476. The molecule has 18 heavy (non-hydrogen) atoms. The number of aromatic nitrogens is 1. The molecule has 1 N–H and O–H groups in total. The monoisotopic (exact) mass is 264 g/mol. The van der Waals surface area contributed by atoms with Gasteiger partial charge >= 0.3 is 0 Å². The number of para-hydroxylation sites is 2. The lowest BCUT2D eigenvalue weighted by Gasteiger charge is -2.21. The molecule has 1 heterocycles. The normalized spacial score (nSPS) is 14.8. The van der Waals surface area contributed by atoms with Crippen molar-refractivity contribution < 1.29 is 4.42 Å². The Labute approximate surface area is 112 Å². The highest BCUT2D eigenvalue weighted by molar-refractivity contribution is 7.99. The maximum atomic E-state index is 5.74. The largest absolute Gasteiger partial charge is 0.431 e. The van der Waals surface area contributed by atoms with Crippen molar-refractivity contribution in [3.05, 3.63) is 24.3 Å². The number of benzene rings is 1. The summed E-state index contributed by atoms with van der Waals surface area (Å²) in [5.74, 6) is 0. The first kappa shape index (κ1) is 13.4. The number of rotatable bonds is 6. The molecule has 0 amide bonds. The first-order valence-electron chi connectivity index (χ1n) is 6.50. The Morgan fingerprint density at radius 1 is 1.33 bits per heavy atom. The third-order valence-electron chi connectivity index (χ3n) is 3.03. The second kappa shape index (κ2) is 6.25. The molecule has 4 heteroatoms. The molecule has 1 aromatic carbocycles. The highest BCUT2D eigenvalue weighted by atomic mass is 32.2. The molecular formula is C14H20N2OS. The molecule has 0 bridgehead atoms. The van der Waals surface area contributed by atoms with Crippen LogP contribution < -0.4 is 5.32 Å². The Hall–Kier alpha value is -1.00. The van der Waals surface area contributed by atoms with Crippen LogP contribution in [-0.4, -0.2) is 22.8 Å². The summed E-state index contributed by atoms with van der Waals surface area (Å²) in [5, 5.41) is 4.71. The Balaban J connectivity index is 2.08. The zero-order valence-electron chi connectivity index (χ0n) is 11.1. The predicted octanol–water partition coefficient (Wildman–Crippen LogP) is 3.70. The van der Waals surface area contributed by atoms with Crippen LogP contribution >= 0.6 is 11.8 Å². The van der Waals surface area contributed by atoms with Gasteiger partial charge in [-0.05, 0) is 25.1 Å². The van der Waals surface area contributed by atoms with E-state index in [1.807, 2.05) is 24.3 Å². The molecule has 2 unspecified atom stereocenters. The minimum absolute atomic E-state index is 0.447. The van der Waals surface area contributed by atoms with Gasteiger partial charge in [-0.1, -0.05) is 44.7 Å². The van der Waals surface area contributed by atoms with Crippen molar-refractivity contribution in [2.45, 2.75) is 43.7 Å². The van der Waals surface area contributed by atoms with E-state index in [9.17, 15) is 0 Å². The molecular weight excluding hydrogens is 244 g/mol. The average molecular weight is 264 g/mol. The van der Waals surface area contributed by atoms with Crippen LogP contribution in [0, 0.1) is 0 Å². The molecule has 2 rings (SSSR count). The van der Waals surface area contributed by atoms with Crippen LogP contribution in [0.4, 0.5) is 0 Å². The van der Waals surface area contributed by atoms with Crippen LogP contribution in [0.5, 0.6) is 0 Å². The standard InChI is InChI=1S/C14H20N2OS/c1-4-11(15-5-2)10(3)18-14-16-12-8-6-7-9-13(12)17-14/h6-11,15H,4-5H2,1-3H3. The number of nitrogens with zero attached hydrogens (tertiary/aromatic N) is 1. The maximum absolute atomic E-state index is 5.74. The van der Waals surface area contributed by atoms with Gasteiger partial charge in [0.1, 0.15) is 5.52 Å². The third kappa shape index (κ3) is 3.06. The summed E-state index contributed by atoms with van der Waals surface area (Å²) in [4.78, 5) is 4.50. The van der Waals surface area contributed by atoms with E-state index in [0.29, 0.717) is 11.3 Å². The molecule has 0 aliphatic heterocycles. The second-order valence-corrected chi connectivity index (χ2v) is 5.67. The number of hydrogen-bond donors (Lipinski definition) is 1. The summed E-state index contributed by atoms with van der Waals surface area (Å²) in [6.07, 6.45) is 1.11. The van der Waals surface area contributed by atoms with Crippen LogP contribution in [0.3, 0.4) is 0 Å². The molecule has 2 atom stereocenters. The lowest BCUT2D eigenvalue weighted by Crippen LogP contribution is -2.35. The SMILES string of the molecule is CCNC(CC)C(C)Sc1nc2ccccc2o1. The summed E-state index contributed by atoms with van der Waals surface area (Å²) in [6.45, 7) is 7.56. The molecule has 0 saturated carbocycles. The summed E-state index contributed by atoms with van der Waals surface area (Å²) in [6, 6.07) is 8.39. The summed E-state index contributed by atoms with van der Waals surface area (Å²) in [5.41, 5.74) is 1.80. The maximum Gasteiger partial charge on any atom is 0.257 e. The van der Waals surface area contributed by atoms with Crippen molar-refractivity contribution in [2.24, 2.45) is 0 Å². The van der Waals surface area contributed by atoms with Gasteiger partial charge in [0.15, 0.2) is 5.58 Å². The Kier molecular flexibility index (Phi) is 4.66. The van der Waals surface area contributed by atoms with Crippen molar-refractivity contribution >= 4 is 22.9 Å². The van der Waals surface area contributed by atoms with E-state index in [1.54, 1.807) is 11.8 Å². The molecule has 2 aromatic rings. The molecule has 0 aliphatic rings. The molecule has 98 valence electrons. The summed E-state index contributed by atoms with van der Waals surface area (Å²) >= 11 is 1.70. The first-order chi connectivity index (χ1) is 8.74. The zero-order valence-corrected chi connectivity index (χ0v) is 12.0. The Morgan fingerprint density at radius 2 is 2.11 bits per heavy atom. The van der Waals surface area contributed by atoms with Crippen LogP contribution in [0.2, 0.25) is 0 Å². The van der Waals surface area contributed by atoms with Crippen LogP contribution in [0.1, 0.15) is 27.2 Å². The highest BCUT2D eigenvalue weighted by Gasteiger charge is 2.18. The number of fused-ring (bicyclic) bond motifs is 1. The molecule has 0 fully saturated rings. The quantitative estimate of drug-likeness (QED) is 0.807. The minimum Gasteiger partial charge on any atom is -0.431 e. The Bertz CT molecular complexity index is 464. The van der Waals surface area contributed by atoms with Gasteiger partial charge in [0, 0.05) is 11.3 Å². The van der Waals surface area contributed by atoms with E-state index in [0.717, 1.165) is 29.3 Å². The van der Waals surface area contributed by atoms with Gasteiger partial charge in [0.25, 0.3) is 5.22 Å². The van der Waals surface area contributed by atoms with Gasteiger partial charge in [0.2, 0.25) is 0 Å². The molecule has 0 saturated heterocycles. The van der Waals surface area contributed by atoms with Crippen LogP contribution in [-0.2, 0) is 0 Å². The smallest absolute Gasteiger partial charge is 0.257 e. The fourth-order valence-corrected chi connectivity index (χ4v) is 3.11. The fourth-order valence-electron chi connectivity index (χ4n) is 2.05. The van der Waals surface area contributed by atoms with Crippen molar-refractivity contribution in [3.8, 4) is 0 Å². The molecule has 0 aliphatic carbocycles. The summed E-state index contributed by atoms with van der Waals surface area (Å²) in [7, 11) is 0. The van der Waals surface area contributed by atoms with Gasteiger partial charge in [-0.15, -0.1) is 0 Å². The highest BCUT2D eigenvalue weighted by Crippen LogP contribution is 2.28. The van der Waals surface area contributed by atoms with E-state index >= 15 is 0 Å². The zero-order chi connectivity index (χ0) is 13.0.